The van der Waals surface area contributed by atoms with Crippen LogP contribution in [0, 0.1) is 0 Å². The topological polar surface area (TPSA) is 76.1 Å². The van der Waals surface area contributed by atoms with Crippen LogP contribution in [0.2, 0.25) is 0 Å². The summed E-state index contributed by atoms with van der Waals surface area (Å²) >= 11 is 0. The molecule has 1 aliphatic rings. The summed E-state index contributed by atoms with van der Waals surface area (Å²) in [6, 6.07) is -1.06. The first-order valence-corrected chi connectivity index (χ1v) is 6.27. The molecule has 0 radical (unpaired) electrons. The van der Waals surface area contributed by atoms with E-state index in [4.69, 9.17) is 9.47 Å². The van der Waals surface area contributed by atoms with Crippen molar-refractivity contribution in [1.82, 2.24) is 4.90 Å². The molecule has 19 heavy (non-hydrogen) atoms. The zero-order valence-electron chi connectivity index (χ0n) is 11.8. The zero-order chi connectivity index (χ0) is 14.6. The number of hydrogen-bond acceptors (Lipinski definition) is 5. The van der Waals surface area contributed by atoms with E-state index in [2.05, 4.69) is 0 Å². The van der Waals surface area contributed by atoms with Crippen molar-refractivity contribution in [3.8, 4) is 0 Å². The highest BCUT2D eigenvalue weighted by Gasteiger charge is 2.39. The molecule has 0 aliphatic carbocycles. The van der Waals surface area contributed by atoms with Gasteiger partial charge in [0.1, 0.15) is 11.7 Å². The monoisotopic (exact) mass is 271 g/mol. The SMILES string of the molecule is CCOC(=O)[C@H]1[C@H](O)C=CCN1C(=O)OC(C)(C)C. The maximum atomic E-state index is 12.0. The lowest BCUT2D eigenvalue weighted by Gasteiger charge is -2.35. The van der Waals surface area contributed by atoms with Crippen LogP contribution in [-0.4, -0.2) is 53.0 Å². The minimum Gasteiger partial charge on any atom is -0.464 e. The number of esters is 1. The number of ether oxygens (including phenoxy) is 2. The van der Waals surface area contributed by atoms with Crippen molar-refractivity contribution in [2.45, 2.75) is 45.4 Å². The van der Waals surface area contributed by atoms with Crippen molar-refractivity contribution in [3.05, 3.63) is 12.2 Å². The van der Waals surface area contributed by atoms with E-state index in [1.807, 2.05) is 0 Å². The fourth-order valence-corrected chi connectivity index (χ4v) is 1.72. The predicted octanol–water partition coefficient (Wildman–Crippen LogP) is 1.09. The Hall–Kier alpha value is -1.56. The molecule has 0 aromatic carbocycles. The van der Waals surface area contributed by atoms with E-state index in [0.717, 1.165) is 0 Å². The molecule has 6 heteroatoms. The lowest BCUT2D eigenvalue weighted by molar-refractivity contribution is -0.152. The Bertz CT molecular complexity index is 372. The first kappa shape index (κ1) is 15.5. The van der Waals surface area contributed by atoms with Gasteiger partial charge < -0.3 is 14.6 Å². The van der Waals surface area contributed by atoms with Gasteiger partial charge in [-0.15, -0.1) is 0 Å². The van der Waals surface area contributed by atoms with Crippen molar-refractivity contribution >= 4 is 12.1 Å². The average Bonchev–Trinajstić information content (AvgIpc) is 2.26. The highest BCUT2D eigenvalue weighted by atomic mass is 16.6. The molecule has 1 N–H and O–H groups in total. The summed E-state index contributed by atoms with van der Waals surface area (Å²) < 4.78 is 10.1. The molecule has 0 unspecified atom stereocenters. The van der Waals surface area contributed by atoms with E-state index in [-0.39, 0.29) is 13.2 Å². The number of rotatable bonds is 2. The molecule has 1 heterocycles. The molecule has 6 nitrogen and oxygen atoms in total. The van der Waals surface area contributed by atoms with Gasteiger partial charge in [0.2, 0.25) is 0 Å². The number of aliphatic hydroxyl groups excluding tert-OH is 1. The molecule has 0 fully saturated rings. The molecule has 1 rings (SSSR count). The number of nitrogens with zero attached hydrogens (tertiary/aromatic N) is 1. The van der Waals surface area contributed by atoms with E-state index in [9.17, 15) is 14.7 Å². The molecule has 1 amide bonds. The Balaban J connectivity index is 2.86. The van der Waals surface area contributed by atoms with Crippen molar-refractivity contribution < 1.29 is 24.2 Å². The highest BCUT2D eigenvalue weighted by molar-refractivity contribution is 5.83. The van der Waals surface area contributed by atoms with Crippen LogP contribution >= 0.6 is 0 Å². The summed E-state index contributed by atoms with van der Waals surface area (Å²) in [4.78, 5) is 25.0. The van der Waals surface area contributed by atoms with Gasteiger partial charge in [-0.05, 0) is 27.7 Å². The fourth-order valence-electron chi connectivity index (χ4n) is 1.72. The average molecular weight is 271 g/mol. The standard InChI is InChI=1S/C13H21NO5/c1-5-18-11(16)10-9(15)7-6-8-14(10)12(17)19-13(2,3)4/h6-7,9-10,15H,5,8H2,1-4H3/t9-,10-/m1/s1. The molecule has 0 bridgehead atoms. The molecule has 0 saturated heterocycles. The van der Waals surface area contributed by atoms with Gasteiger partial charge in [0, 0.05) is 6.54 Å². The zero-order valence-corrected chi connectivity index (χ0v) is 11.8. The summed E-state index contributed by atoms with van der Waals surface area (Å²) in [5.41, 5.74) is -0.664. The summed E-state index contributed by atoms with van der Waals surface area (Å²) in [5.74, 6) is -0.634. The van der Waals surface area contributed by atoms with Crippen molar-refractivity contribution in [2.24, 2.45) is 0 Å². The second-order valence-electron chi connectivity index (χ2n) is 5.25. The van der Waals surface area contributed by atoms with E-state index in [0.29, 0.717) is 0 Å². The molecular formula is C13H21NO5. The molecule has 2 atom stereocenters. The van der Waals surface area contributed by atoms with Gasteiger partial charge in [0.15, 0.2) is 6.04 Å². The van der Waals surface area contributed by atoms with E-state index in [1.165, 1.54) is 11.0 Å². The minimum atomic E-state index is -1.08. The summed E-state index contributed by atoms with van der Waals surface area (Å²) in [5, 5.41) is 9.85. The van der Waals surface area contributed by atoms with E-state index in [1.54, 1.807) is 33.8 Å². The van der Waals surface area contributed by atoms with Gasteiger partial charge in [0.25, 0.3) is 0 Å². The molecule has 0 spiro atoms. The molecule has 1 aliphatic heterocycles. The molecule has 0 aromatic rings. The number of carbonyl (C=O) groups excluding carboxylic acids is 2. The maximum Gasteiger partial charge on any atom is 0.411 e. The van der Waals surface area contributed by atoms with Gasteiger partial charge in [-0.25, -0.2) is 9.59 Å². The molecular weight excluding hydrogens is 250 g/mol. The Morgan fingerprint density at radius 3 is 2.58 bits per heavy atom. The van der Waals surface area contributed by atoms with Crippen LogP contribution in [0.3, 0.4) is 0 Å². The predicted molar refractivity (Wildman–Crippen MR) is 68.5 cm³/mol. The lowest BCUT2D eigenvalue weighted by atomic mass is 10.1. The summed E-state index contributed by atoms with van der Waals surface area (Å²) in [6.07, 6.45) is 1.36. The van der Waals surface area contributed by atoms with Gasteiger partial charge in [-0.3, -0.25) is 4.90 Å². The van der Waals surface area contributed by atoms with Gasteiger partial charge in [0.05, 0.1) is 6.61 Å². The Morgan fingerprint density at radius 2 is 2.05 bits per heavy atom. The van der Waals surface area contributed by atoms with Crippen molar-refractivity contribution in [3.63, 3.8) is 0 Å². The van der Waals surface area contributed by atoms with Crippen LogP contribution in [-0.2, 0) is 14.3 Å². The van der Waals surface area contributed by atoms with E-state index >= 15 is 0 Å². The third-order valence-electron chi connectivity index (χ3n) is 2.45. The van der Waals surface area contributed by atoms with Crippen LogP contribution < -0.4 is 0 Å². The second kappa shape index (κ2) is 6.06. The largest absolute Gasteiger partial charge is 0.464 e. The van der Waals surface area contributed by atoms with E-state index < -0.39 is 29.8 Å². The Labute approximate surface area is 113 Å². The summed E-state index contributed by atoms with van der Waals surface area (Å²) in [7, 11) is 0. The first-order valence-electron chi connectivity index (χ1n) is 6.27. The van der Waals surface area contributed by atoms with Crippen LogP contribution in [0.15, 0.2) is 12.2 Å². The van der Waals surface area contributed by atoms with Crippen molar-refractivity contribution in [2.75, 3.05) is 13.2 Å². The normalized spacial score (nSPS) is 23.1. The minimum absolute atomic E-state index is 0.188. The van der Waals surface area contributed by atoms with Gasteiger partial charge in [-0.2, -0.15) is 0 Å². The maximum absolute atomic E-state index is 12.0. The first-order chi connectivity index (χ1) is 8.76. The van der Waals surface area contributed by atoms with Gasteiger partial charge in [-0.1, -0.05) is 12.2 Å². The number of aliphatic hydroxyl groups is 1. The van der Waals surface area contributed by atoms with Crippen LogP contribution in [0.4, 0.5) is 4.79 Å². The third-order valence-corrected chi connectivity index (χ3v) is 2.45. The van der Waals surface area contributed by atoms with Crippen LogP contribution in [0.1, 0.15) is 27.7 Å². The lowest BCUT2D eigenvalue weighted by Crippen LogP contribution is -2.54. The van der Waals surface area contributed by atoms with Gasteiger partial charge >= 0.3 is 12.1 Å². The highest BCUT2D eigenvalue weighted by Crippen LogP contribution is 2.18. The Morgan fingerprint density at radius 1 is 1.42 bits per heavy atom. The number of hydrogen-bond donors (Lipinski definition) is 1. The third kappa shape index (κ3) is 4.24. The number of amides is 1. The molecule has 0 aromatic heterocycles. The second-order valence-corrected chi connectivity index (χ2v) is 5.25. The Kier molecular flexibility index (Phi) is 4.94. The fraction of sp³-hybridized carbons (Fsp3) is 0.692. The molecule has 0 saturated carbocycles. The van der Waals surface area contributed by atoms with Crippen LogP contribution in [0.5, 0.6) is 0 Å². The van der Waals surface area contributed by atoms with Crippen molar-refractivity contribution in [1.29, 1.82) is 0 Å². The van der Waals surface area contributed by atoms with Crippen LogP contribution in [0.25, 0.3) is 0 Å². The number of carbonyl (C=O) groups is 2. The quantitative estimate of drug-likeness (QED) is 0.601. The molecule has 108 valence electrons. The summed E-state index contributed by atoms with van der Waals surface area (Å²) in [6.45, 7) is 7.27. The smallest absolute Gasteiger partial charge is 0.411 e.